The molecule has 5 heteroatoms. The van der Waals surface area contributed by atoms with Gasteiger partial charge in [0.05, 0.1) is 4.90 Å². The van der Waals surface area contributed by atoms with Gasteiger partial charge < -0.3 is 4.74 Å². The highest BCUT2D eigenvalue weighted by Crippen LogP contribution is 2.54. The van der Waals surface area contributed by atoms with Crippen LogP contribution >= 0.6 is 0 Å². The lowest BCUT2D eigenvalue weighted by Crippen LogP contribution is -2.34. The predicted octanol–water partition coefficient (Wildman–Crippen LogP) is 4.40. The molecule has 2 saturated carbocycles. The van der Waals surface area contributed by atoms with Crippen LogP contribution in [0, 0.1) is 17.8 Å². The van der Waals surface area contributed by atoms with Crippen LogP contribution in [0.2, 0.25) is 0 Å². The Kier molecular flexibility index (Phi) is 4.49. The summed E-state index contributed by atoms with van der Waals surface area (Å²) in [4.78, 5) is 13.1. The molecule has 0 bridgehead atoms. The molecule has 2 atom stereocenters. The molecule has 0 amide bonds. The van der Waals surface area contributed by atoms with Gasteiger partial charge in [0.2, 0.25) is 0 Å². The van der Waals surface area contributed by atoms with Gasteiger partial charge >= 0.3 is 5.97 Å². The number of sulfone groups is 1. The minimum atomic E-state index is -3.24. The molecule has 146 valence electrons. The van der Waals surface area contributed by atoms with E-state index in [1.54, 1.807) is 12.1 Å². The van der Waals surface area contributed by atoms with Crippen molar-refractivity contribution in [2.24, 2.45) is 17.8 Å². The first kappa shape index (κ1) is 18.7. The van der Waals surface area contributed by atoms with Gasteiger partial charge in [0.25, 0.3) is 0 Å². The molecule has 1 heterocycles. The number of ether oxygens (including phenoxy) is 1. The second-order valence-corrected chi connectivity index (χ2v) is 10.9. The van der Waals surface area contributed by atoms with Gasteiger partial charge in [-0.2, -0.15) is 0 Å². The van der Waals surface area contributed by atoms with E-state index < -0.39 is 15.4 Å². The van der Waals surface area contributed by atoms with Crippen molar-refractivity contribution in [3.05, 3.63) is 35.4 Å². The first-order chi connectivity index (χ1) is 12.7. The van der Waals surface area contributed by atoms with Crippen LogP contribution in [-0.4, -0.2) is 26.2 Å². The Balaban J connectivity index is 1.75. The van der Waals surface area contributed by atoms with Gasteiger partial charge in [-0.3, -0.25) is 0 Å². The van der Waals surface area contributed by atoms with Crippen molar-refractivity contribution in [3.8, 4) is 0 Å². The number of rotatable bonds is 4. The number of esters is 1. The van der Waals surface area contributed by atoms with Crippen molar-refractivity contribution in [2.45, 2.75) is 62.9 Å². The van der Waals surface area contributed by atoms with Crippen molar-refractivity contribution in [1.82, 2.24) is 0 Å². The normalized spacial score (nSPS) is 28.3. The standard InChI is InChI=1S/C22H28O4S/c1-22(2)20(15-8-10-16(11-9-15)27(3,24)25)19(21(23)26-22)18-13-12-17(18)14-6-4-5-7-14/h8-11,14,17-18H,4-7,12-13H2,1-3H3. The van der Waals surface area contributed by atoms with Gasteiger partial charge in [0, 0.05) is 17.4 Å². The minimum absolute atomic E-state index is 0.185. The molecule has 4 rings (SSSR count). The molecule has 2 fully saturated rings. The van der Waals surface area contributed by atoms with Crippen molar-refractivity contribution in [3.63, 3.8) is 0 Å². The lowest BCUT2D eigenvalue weighted by atomic mass is 9.62. The number of carbonyl (C=O) groups is 1. The average molecular weight is 389 g/mol. The van der Waals surface area contributed by atoms with E-state index in [2.05, 4.69) is 0 Å². The third-order valence-corrected chi connectivity index (χ3v) is 7.84. The van der Waals surface area contributed by atoms with Crippen molar-refractivity contribution in [2.75, 3.05) is 6.26 Å². The van der Waals surface area contributed by atoms with Crippen LogP contribution in [0.15, 0.2) is 34.7 Å². The smallest absolute Gasteiger partial charge is 0.335 e. The molecule has 0 spiro atoms. The van der Waals surface area contributed by atoms with Crippen LogP contribution in [-0.2, 0) is 19.4 Å². The highest BCUT2D eigenvalue weighted by molar-refractivity contribution is 7.90. The number of carbonyl (C=O) groups excluding carboxylic acids is 1. The largest absolute Gasteiger partial charge is 0.451 e. The Bertz CT molecular complexity index is 887. The second kappa shape index (κ2) is 6.47. The molecule has 1 aromatic carbocycles. The maximum Gasteiger partial charge on any atom is 0.335 e. The summed E-state index contributed by atoms with van der Waals surface area (Å²) in [6.07, 6.45) is 8.64. The van der Waals surface area contributed by atoms with Crippen LogP contribution in [0.25, 0.3) is 5.57 Å². The molecule has 3 aliphatic rings. The van der Waals surface area contributed by atoms with Crippen molar-refractivity contribution >= 4 is 21.4 Å². The van der Waals surface area contributed by atoms with E-state index in [9.17, 15) is 13.2 Å². The fourth-order valence-corrected chi connectivity index (χ4v) is 5.94. The highest BCUT2D eigenvalue weighted by atomic mass is 32.2. The molecule has 2 aliphatic carbocycles. The third-order valence-electron chi connectivity index (χ3n) is 6.71. The molecule has 0 aromatic heterocycles. The van der Waals surface area contributed by atoms with Crippen molar-refractivity contribution < 1.29 is 17.9 Å². The zero-order valence-corrected chi connectivity index (χ0v) is 17.1. The number of benzene rings is 1. The van der Waals surface area contributed by atoms with Gasteiger partial charge in [-0.1, -0.05) is 37.8 Å². The fourth-order valence-electron chi connectivity index (χ4n) is 5.31. The summed E-state index contributed by atoms with van der Waals surface area (Å²) in [5.41, 5.74) is 2.00. The van der Waals surface area contributed by atoms with E-state index in [1.165, 1.54) is 38.4 Å². The van der Waals surface area contributed by atoms with Crippen molar-refractivity contribution in [1.29, 1.82) is 0 Å². The minimum Gasteiger partial charge on any atom is -0.451 e. The van der Waals surface area contributed by atoms with Crippen LogP contribution in [0.3, 0.4) is 0 Å². The first-order valence-corrected chi connectivity index (χ1v) is 11.9. The molecule has 27 heavy (non-hydrogen) atoms. The van der Waals surface area contributed by atoms with Gasteiger partial charge in [0.1, 0.15) is 5.60 Å². The summed E-state index contributed by atoms with van der Waals surface area (Å²) in [5, 5.41) is 0. The molecule has 1 aliphatic heterocycles. The lowest BCUT2D eigenvalue weighted by molar-refractivity contribution is -0.145. The Morgan fingerprint density at radius 3 is 2.15 bits per heavy atom. The number of hydrogen-bond donors (Lipinski definition) is 0. The van der Waals surface area contributed by atoms with E-state index >= 15 is 0 Å². The third kappa shape index (κ3) is 3.24. The molecular formula is C22H28O4S. The maximum absolute atomic E-state index is 12.8. The fraction of sp³-hybridized carbons (Fsp3) is 0.591. The molecular weight excluding hydrogens is 360 g/mol. The SMILES string of the molecule is CC1(C)OC(=O)C(C2CCC2C2CCCC2)=C1c1ccc(S(C)(=O)=O)cc1. The van der Waals surface area contributed by atoms with E-state index in [1.807, 2.05) is 26.0 Å². The Morgan fingerprint density at radius 2 is 1.63 bits per heavy atom. The lowest BCUT2D eigenvalue weighted by Gasteiger charge is -2.41. The zero-order chi connectivity index (χ0) is 19.4. The number of hydrogen-bond acceptors (Lipinski definition) is 4. The highest BCUT2D eigenvalue weighted by Gasteiger charge is 2.49. The van der Waals surface area contributed by atoms with Crippen LogP contribution in [0.4, 0.5) is 0 Å². The Hall–Kier alpha value is -1.62. The summed E-state index contributed by atoms with van der Waals surface area (Å²) in [6, 6.07) is 6.89. The summed E-state index contributed by atoms with van der Waals surface area (Å²) in [7, 11) is -3.24. The Morgan fingerprint density at radius 1 is 1.00 bits per heavy atom. The Labute approximate surface area is 161 Å². The van der Waals surface area contributed by atoms with E-state index in [-0.39, 0.29) is 11.9 Å². The molecule has 2 unspecified atom stereocenters. The molecule has 0 radical (unpaired) electrons. The van der Waals surface area contributed by atoms with Crippen LogP contribution in [0.5, 0.6) is 0 Å². The molecule has 0 N–H and O–H groups in total. The van der Waals surface area contributed by atoms with E-state index in [0.29, 0.717) is 10.8 Å². The zero-order valence-electron chi connectivity index (χ0n) is 16.3. The average Bonchev–Trinajstić information content (AvgIpc) is 3.12. The summed E-state index contributed by atoms with van der Waals surface area (Å²) < 4.78 is 29.3. The van der Waals surface area contributed by atoms with Crippen LogP contribution < -0.4 is 0 Å². The van der Waals surface area contributed by atoms with Gasteiger partial charge in [-0.05, 0) is 62.1 Å². The monoisotopic (exact) mass is 388 g/mol. The maximum atomic E-state index is 12.8. The van der Waals surface area contributed by atoms with Crippen LogP contribution in [0.1, 0.15) is 57.9 Å². The van der Waals surface area contributed by atoms with Gasteiger partial charge in [-0.25, -0.2) is 13.2 Å². The quantitative estimate of drug-likeness (QED) is 0.718. The van der Waals surface area contributed by atoms with Gasteiger partial charge in [0.15, 0.2) is 9.84 Å². The second-order valence-electron chi connectivity index (χ2n) is 8.88. The summed E-state index contributed by atoms with van der Waals surface area (Å²) in [5.74, 6) is 1.43. The predicted molar refractivity (Wildman–Crippen MR) is 105 cm³/mol. The van der Waals surface area contributed by atoms with E-state index in [4.69, 9.17) is 4.74 Å². The molecule has 4 nitrogen and oxygen atoms in total. The van der Waals surface area contributed by atoms with Gasteiger partial charge in [-0.15, -0.1) is 0 Å². The molecule has 0 saturated heterocycles. The summed E-state index contributed by atoms with van der Waals surface area (Å²) in [6.45, 7) is 3.86. The van der Waals surface area contributed by atoms with E-state index in [0.717, 1.165) is 29.0 Å². The first-order valence-electron chi connectivity index (χ1n) is 9.97. The number of cyclic esters (lactones) is 1. The topological polar surface area (TPSA) is 60.4 Å². The summed E-state index contributed by atoms with van der Waals surface area (Å²) >= 11 is 0. The molecule has 1 aromatic rings.